The molecule has 7 heteroatoms. The highest BCUT2D eigenvalue weighted by Crippen LogP contribution is 2.21. The summed E-state index contributed by atoms with van der Waals surface area (Å²) in [5.41, 5.74) is 0.919. The van der Waals surface area contributed by atoms with Gasteiger partial charge < -0.3 is 4.74 Å². The smallest absolute Gasteiger partial charge is 0.261 e. The van der Waals surface area contributed by atoms with E-state index in [0.717, 1.165) is 4.90 Å². The largest absolute Gasteiger partial charge is 0.380 e. The van der Waals surface area contributed by atoms with Crippen molar-refractivity contribution in [2.24, 2.45) is 5.92 Å². The van der Waals surface area contributed by atoms with Crippen LogP contribution in [0.1, 0.15) is 55.3 Å². The summed E-state index contributed by atoms with van der Waals surface area (Å²) < 4.78 is 5.27. The number of imide groups is 2. The maximum atomic E-state index is 13.3. The predicted octanol–water partition coefficient (Wildman–Crippen LogP) is 1.24. The van der Waals surface area contributed by atoms with Gasteiger partial charge in [0.15, 0.2) is 0 Å². The average Bonchev–Trinajstić information content (AvgIpc) is 2.73. The number of hydrogen-bond acceptors (Lipinski definition) is 5. The zero-order valence-corrected chi connectivity index (χ0v) is 18.6. The van der Waals surface area contributed by atoms with E-state index in [-0.39, 0.29) is 25.1 Å². The molecule has 7 nitrogen and oxygen atoms in total. The molecule has 0 fully saturated rings. The summed E-state index contributed by atoms with van der Waals surface area (Å²) in [6, 6.07) is 2.84. The van der Waals surface area contributed by atoms with Crippen LogP contribution in [-0.2, 0) is 14.3 Å². The fourth-order valence-corrected chi connectivity index (χ4v) is 3.83. The predicted molar refractivity (Wildman–Crippen MR) is 116 cm³/mol. The number of allylic oxidation sites excluding steroid dienone is 1. The minimum Gasteiger partial charge on any atom is -0.380 e. The van der Waals surface area contributed by atoms with E-state index >= 15 is 0 Å². The van der Waals surface area contributed by atoms with Gasteiger partial charge in [0, 0.05) is 45.9 Å². The minimum atomic E-state index is -0.483. The molecule has 0 saturated carbocycles. The quantitative estimate of drug-likeness (QED) is 0.486. The van der Waals surface area contributed by atoms with Crippen molar-refractivity contribution < 1.29 is 23.9 Å². The van der Waals surface area contributed by atoms with E-state index in [9.17, 15) is 19.2 Å². The van der Waals surface area contributed by atoms with Crippen LogP contribution in [0.3, 0.4) is 0 Å². The third kappa shape index (κ3) is 3.85. The summed E-state index contributed by atoms with van der Waals surface area (Å²) in [6.07, 6.45) is 4.69. The van der Waals surface area contributed by atoms with Gasteiger partial charge in [-0.25, -0.2) is 0 Å². The summed E-state index contributed by atoms with van der Waals surface area (Å²) in [4.78, 5) is 54.7. The van der Waals surface area contributed by atoms with Crippen molar-refractivity contribution in [1.82, 2.24) is 9.80 Å². The molecule has 1 aromatic carbocycles. The molecular formula is C24H28N2O5. The average molecular weight is 424 g/mol. The molecule has 31 heavy (non-hydrogen) atoms. The molecule has 3 rings (SSSR count). The van der Waals surface area contributed by atoms with Crippen molar-refractivity contribution in [3.8, 4) is 0 Å². The number of rotatable bonds is 7. The molecule has 2 aliphatic rings. The minimum absolute atomic E-state index is 0.0764. The summed E-state index contributed by atoms with van der Waals surface area (Å²) >= 11 is 0. The second-order valence-electron chi connectivity index (χ2n) is 7.96. The first-order valence-electron chi connectivity index (χ1n) is 10.6. The van der Waals surface area contributed by atoms with Crippen LogP contribution in [0.4, 0.5) is 0 Å². The van der Waals surface area contributed by atoms with E-state index in [1.165, 1.54) is 11.0 Å². The number of amides is 4. The zero-order chi connectivity index (χ0) is 22.9. The standard InChI is InChI=1S/C24H28N2O5/c1-6-8-17-21-18(24(30)26(23(17)29)15(5)14(3)4)10-9-16-19(21)13-20(27)25(22(16)28)11-12-31-7-2/h6,8-10,13-15H,7,11-12H2,1-5H3/b8-6-. The van der Waals surface area contributed by atoms with Gasteiger partial charge in [-0.1, -0.05) is 26.0 Å². The number of hydrogen-bond donors (Lipinski definition) is 0. The van der Waals surface area contributed by atoms with Gasteiger partial charge in [0.25, 0.3) is 23.6 Å². The van der Waals surface area contributed by atoms with E-state index < -0.39 is 23.6 Å². The monoisotopic (exact) mass is 424 g/mol. The Morgan fingerprint density at radius 1 is 1.00 bits per heavy atom. The fourth-order valence-electron chi connectivity index (χ4n) is 3.83. The third-order valence-electron chi connectivity index (χ3n) is 5.79. The molecule has 1 atom stereocenters. The zero-order valence-electron chi connectivity index (χ0n) is 18.6. The highest BCUT2D eigenvalue weighted by Gasteiger charge is 2.37. The molecule has 1 aromatic rings. The number of carbonyl (C=O) groups excluding carboxylic acids is 4. The first kappa shape index (κ1) is 22.6. The molecule has 1 unspecified atom stereocenters. The van der Waals surface area contributed by atoms with Crippen LogP contribution in [-0.4, -0.2) is 59.2 Å². The Morgan fingerprint density at radius 2 is 1.68 bits per heavy atom. The van der Waals surface area contributed by atoms with E-state index in [1.54, 1.807) is 31.2 Å². The van der Waals surface area contributed by atoms with Gasteiger partial charge >= 0.3 is 0 Å². The second-order valence-corrected chi connectivity index (χ2v) is 7.96. The van der Waals surface area contributed by atoms with Gasteiger partial charge in [-0.2, -0.15) is 0 Å². The van der Waals surface area contributed by atoms with Crippen LogP contribution in [0.25, 0.3) is 11.6 Å². The molecule has 0 spiro atoms. The van der Waals surface area contributed by atoms with Gasteiger partial charge in [-0.05, 0) is 38.8 Å². The Balaban J connectivity index is 2.25. The topological polar surface area (TPSA) is 84.0 Å². The van der Waals surface area contributed by atoms with Crippen LogP contribution >= 0.6 is 0 Å². The van der Waals surface area contributed by atoms with E-state index in [2.05, 4.69) is 0 Å². The molecule has 0 N–H and O–H groups in total. The summed E-state index contributed by atoms with van der Waals surface area (Å²) in [7, 11) is 0. The third-order valence-corrected chi connectivity index (χ3v) is 5.79. The van der Waals surface area contributed by atoms with Crippen molar-refractivity contribution in [1.29, 1.82) is 0 Å². The Bertz CT molecular complexity index is 1100. The lowest BCUT2D eigenvalue weighted by molar-refractivity contribution is -0.125. The lowest BCUT2D eigenvalue weighted by Gasteiger charge is -2.34. The molecule has 2 aliphatic heterocycles. The van der Waals surface area contributed by atoms with E-state index in [1.807, 2.05) is 27.7 Å². The van der Waals surface area contributed by atoms with Gasteiger partial charge in [0.05, 0.1) is 13.2 Å². The Morgan fingerprint density at radius 3 is 2.29 bits per heavy atom. The van der Waals surface area contributed by atoms with Crippen LogP contribution in [0.2, 0.25) is 0 Å². The maximum Gasteiger partial charge on any atom is 0.261 e. The molecule has 0 aromatic heterocycles. The van der Waals surface area contributed by atoms with E-state index in [4.69, 9.17) is 4.74 Å². The number of nitrogens with zero attached hydrogens (tertiary/aromatic N) is 2. The number of benzene rings is 1. The highest BCUT2D eigenvalue weighted by molar-refractivity contribution is 6.28. The molecule has 0 saturated heterocycles. The number of ether oxygens (including phenoxy) is 1. The fraction of sp³-hybridized carbons (Fsp3) is 0.417. The molecule has 4 amide bonds. The molecule has 0 bridgehead atoms. The van der Waals surface area contributed by atoms with Crippen molar-refractivity contribution in [3.63, 3.8) is 0 Å². The lowest BCUT2D eigenvalue weighted by Crippen LogP contribution is -2.56. The molecular weight excluding hydrogens is 396 g/mol. The lowest BCUT2D eigenvalue weighted by atomic mass is 9.91. The van der Waals surface area contributed by atoms with Crippen LogP contribution in [0, 0.1) is 5.92 Å². The van der Waals surface area contributed by atoms with Gasteiger partial charge in [0.1, 0.15) is 0 Å². The summed E-state index contributed by atoms with van der Waals surface area (Å²) in [6.45, 7) is 10.2. The number of fused-ring (bicyclic) bond motifs is 3. The first-order chi connectivity index (χ1) is 14.7. The first-order valence-corrected chi connectivity index (χ1v) is 10.6. The normalized spacial score (nSPS) is 17.4. The van der Waals surface area contributed by atoms with Crippen LogP contribution in [0.5, 0.6) is 0 Å². The molecule has 164 valence electrons. The molecule has 0 aliphatic carbocycles. The Labute approximate surface area is 181 Å². The van der Waals surface area contributed by atoms with Gasteiger partial charge in [0.2, 0.25) is 0 Å². The molecule has 2 heterocycles. The summed E-state index contributed by atoms with van der Waals surface area (Å²) in [5, 5.41) is 0.677. The van der Waals surface area contributed by atoms with E-state index in [0.29, 0.717) is 33.7 Å². The van der Waals surface area contributed by atoms with Crippen LogP contribution in [0.15, 0.2) is 24.3 Å². The van der Waals surface area contributed by atoms with Crippen molar-refractivity contribution >= 4 is 35.3 Å². The second kappa shape index (κ2) is 8.98. The van der Waals surface area contributed by atoms with Crippen LogP contribution < -0.4 is 10.4 Å². The van der Waals surface area contributed by atoms with Crippen molar-refractivity contribution in [2.45, 2.75) is 40.7 Å². The summed E-state index contributed by atoms with van der Waals surface area (Å²) in [5.74, 6) is -1.69. The van der Waals surface area contributed by atoms with Crippen molar-refractivity contribution in [3.05, 3.63) is 45.8 Å². The number of carbonyl (C=O) groups is 4. The van der Waals surface area contributed by atoms with Gasteiger partial charge in [-0.3, -0.25) is 29.0 Å². The maximum absolute atomic E-state index is 13.3. The van der Waals surface area contributed by atoms with Gasteiger partial charge in [-0.15, -0.1) is 0 Å². The Kier molecular flexibility index (Phi) is 6.55. The Hall–Kier alpha value is -3.06. The highest BCUT2D eigenvalue weighted by atomic mass is 16.5. The van der Waals surface area contributed by atoms with Crippen molar-refractivity contribution in [2.75, 3.05) is 19.8 Å². The molecule has 0 radical (unpaired) electrons. The SMILES string of the molecule is C/C=C\C1=c2c(ccc3c2=CC(=O)N(CCOCC)C3=O)C(=O)N(C(C)C(C)C)C1=O.